The smallest absolute Gasteiger partial charge is 0.191 e. The molecule has 1 aliphatic heterocycles. The Morgan fingerprint density at radius 3 is 2.73 bits per heavy atom. The summed E-state index contributed by atoms with van der Waals surface area (Å²) < 4.78 is 28.6. The summed E-state index contributed by atoms with van der Waals surface area (Å²) in [7, 11) is -1.22. The second kappa shape index (κ2) is 9.92. The van der Waals surface area contributed by atoms with Crippen LogP contribution in [-0.2, 0) is 14.6 Å². The van der Waals surface area contributed by atoms with E-state index in [0.717, 1.165) is 26.0 Å². The lowest BCUT2D eigenvalue weighted by Gasteiger charge is -2.33. The molecule has 0 saturated carbocycles. The van der Waals surface area contributed by atoms with Gasteiger partial charge in [0.25, 0.3) is 0 Å². The minimum atomic E-state index is -2.95. The molecule has 2 N–H and O–H groups in total. The topological polar surface area (TPSA) is 79.8 Å². The quantitative estimate of drug-likeness (QED) is 0.559. The lowest BCUT2D eigenvalue weighted by atomic mass is 9.89. The van der Waals surface area contributed by atoms with Crippen LogP contribution in [0.5, 0.6) is 0 Å². The van der Waals surface area contributed by atoms with Crippen molar-refractivity contribution in [3.05, 3.63) is 35.9 Å². The van der Waals surface area contributed by atoms with Crippen LogP contribution in [0, 0.1) is 5.92 Å². The molecule has 0 aromatic heterocycles. The van der Waals surface area contributed by atoms with Gasteiger partial charge in [0, 0.05) is 38.4 Å². The van der Waals surface area contributed by atoms with Gasteiger partial charge in [-0.2, -0.15) is 0 Å². The van der Waals surface area contributed by atoms with Crippen LogP contribution in [0.15, 0.2) is 35.3 Å². The van der Waals surface area contributed by atoms with Crippen molar-refractivity contribution in [2.45, 2.75) is 38.3 Å². The highest BCUT2D eigenvalue weighted by Crippen LogP contribution is 2.32. The minimum Gasteiger partial charge on any atom is -0.373 e. The Morgan fingerprint density at radius 1 is 1.35 bits per heavy atom. The predicted octanol–water partition coefficient (Wildman–Crippen LogP) is 2.14. The van der Waals surface area contributed by atoms with Crippen molar-refractivity contribution in [2.24, 2.45) is 10.9 Å². The zero-order valence-corrected chi connectivity index (χ0v) is 16.8. The number of hydrogen-bond donors (Lipinski definition) is 2. The normalized spacial score (nSPS) is 22.7. The SMILES string of the molecule is CN=C(NCC1CCCOC1c1ccccc1)NC(C)CCS(C)(=O)=O. The summed E-state index contributed by atoms with van der Waals surface area (Å²) in [5.74, 6) is 1.24. The molecule has 6 nitrogen and oxygen atoms in total. The van der Waals surface area contributed by atoms with Crippen LogP contribution in [0.3, 0.4) is 0 Å². The average Bonchev–Trinajstić information content (AvgIpc) is 2.64. The predicted molar refractivity (Wildman–Crippen MR) is 106 cm³/mol. The summed E-state index contributed by atoms with van der Waals surface area (Å²) in [6.07, 6.45) is 4.08. The van der Waals surface area contributed by atoms with Crippen LogP contribution in [0.4, 0.5) is 0 Å². The molecule has 1 heterocycles. The summed E-state index contributed by atoms with van der Waals surface area (Å²) >= 11 is 0. The Hall–Kier alpha value is -1.60. The van der Waals surface area contributed by atoms with E-state index in [-0.39, 0.29) is 17.9 Å². The molecule has 26 heavy (non-hydrogen) atoms. The summed E-state index contributed by atoms with van der Waals surface area (Å²) in [6.45, 7) is 3.53. The molecule has 0 spiro atoms. The molecule has 1 aliphatic rings. The molecule has 1 saturated heterocycles. The van der Waals surface area contributed by atoms with Crippen molar-refractivity contribution in [1.29, 1.82) is 0 Å². The molecule has 1 aromatic carbocycles. The van der Waals surface area contributed by atoms with E-state index in [4.69, 9.17) is 4.74 Å². The zero-order chi connectivity index (χ0) is 19.0. The van der Waals surface area contributed by atoms with Crippen molar-refractivity contribution in [3.63, 3.8) is 0 Å². The van der Waals surface area contributed by atoms with Crippen LogP contribution in [0.2, 0.25) is 0 Å². The van der Waals surface area contributed by atoms with Crippen LogP contribution < -0.4 is 10.6 Å². The lowest BCUT2D eigenvalue weighted by Crippen LogP contribution is -2.45. The molecule has 7 heteroatoms. The lowest BCUT2D eigenvalue weighted by molar-refractivity contribution is -0.0265. The van der Waals surface area contributed by atoms with Crippen LogP contribution >= 0.6 is 0 Å². The monoisotopic (exact) mass is 381 g/mol. The molecule has 0 bridgehead atoms. The van der Waals surface area contributed by atoms with Gasteiger partial charge in [-0.15, -0.1) is 0 Å². The number of nitrogens with one attached hydrogen (secondary N) is 2. The molecule has 2 rings (SSSR count). The van der Waals surface area contributed by atoms with Gasteiger partial charge in [-0.25, -0.2) is 8.42 Å². The van der Waals surface area contributed by atoms with E-state index in [0.29, 0.717) is 18.3 Å². The van der Waals surface area contributed by atoms with Crippen LogP contribution in [-0.4, -0.2) is 52.6 Å². The highest BCUT2D eigenvalue weighted by atomic mass is 32.2. The maximum Gasteiger partial charge on any atom is 0.191 e. The summed E-state index contributed by atoms with van der Waals surface area (Å²) in [5.41, 5.74) is 1.21. The van der Waals surface area contributed by atoms with Crippen molar-refractivity contribution < 1.29 is 13.2 Å². The Labute approximate surface area is 157 Å². The van der Waals surface area contributed by atoms with Crippen molar-refractivity contribution in [1.82, 2.24) is 10.6 Å². The van der Waals surface area contributed by atoms with Crippen molar-refractivity contribution in [3.8, 4) is 0 Å². The van der Waals surface area contributed by atoms with E-state index in [1.165, 1.54) is 11.8 Å². The van der Waals surface area contributed by atoms with Crippen LogP contribution in [0.1, 0.15) is 37.9 Å². The van der Waals surface area contributed by atoms with E-state index in [9.17, 15) is 8.42 Å². The fraction of sp³-hybridized carbons (Fsp3) is 0.632. The number of hydrogen-bond acceptors (Lipinski definition) is 4. The third kappa shape index (κ3) is 6.96. The first-order valence-electron chi connectivity index (χ1n) is 9.20. The van der Waals surface area contributed by atoms with Gasteiger partial charge in [0.2, 0.25) is 0 Å². The Morgan fingerprint density at radius 2 is 2.08 bits per heavy atom. The number of aliphatic imine (C=N–C) groups is 1. The van der Waals surface area contributed by atoms with Crippen molar-refractivity contribution in [2.75, 3.05) is 32.2 Å². The average molecular weight is 382 g/mol. The number of rotatable bonds is 7. The number of benzene rings is 1. The second-order valence-corrected chi connectivity index (χ2v) is 9.28. The van der Waals surface area contributed by atoms with Gasteiger partial charge in [-0.05, 0) is 31.7 Å². The molecule has 3 unspecified atom stereocenters. The number of sulfone groups is 1. The number of guanidine groups is 1. The van der Waals surface area contributed by atoms with E-state index < -0.39 is 9.84 Å². The van der Waals surface area contributed by atoms with Gasteiger partial charge in [-0.1, -0.05) is 30.3 Å². The van der Waals surface area contributed by atoms with Gasteiger partial charge in [-0.3, -0.25) is 4.99 Å². The van der Waals surface area contributed by atoms with Gasteiger partial charge >= 0.3 is 0 Å². The molecule has 3 atom stereocenters. The van der Waals surface area contributed by atoms with Gasteiger partial charge in [0.05, 0.1) is 11.9 Å². The highest BCUT2D eigenvalue weighted by Gasteiger charge is 2.27. The third-order valence-corrected chi connectivity index (χ3v) is 5.61. The Balaban J connectivity index is 1.88. The van der Waals surface area contributed by atoms with E-state index in [1.54, 1.807) is 7.05 Å². The molecule has 0 radical (unpaired) electrons. The summed E-state index contributed by atoms with van der Waals surface area (Å²) in [5, 5.41) is 6.64. The van der Waals surface area contributed by atoms with Crippen LogP contribution in [0.25, 0.3) is 0 Å². The highest BCUT2D eigenvalue weighted by molar-refractivity contribution is 7.90. The van der Waals surface area contributed by atoms with E-state index in [1.807, 2.05) is 25.1 Å². The first kappa shape index (κ1) is 20.7. The molecule has 1 aromatic rings. The zero-order valence-electron chi connectivity index (χ0n) is 15.9. The van der Waals surface area contributed by atoms with Gasteiger partial charge in [0.15, 0.2) is 5.96 Å². The van der Waals surface area contributed by atoms with E-state index >= 15 is 0 Å². The molecule has 0 amide bonds. The maximum absolute atomic E-state index is 11.3. The minimum absolute atomic E-state index is 0.0310. The molecular formula is C19H31N3O3S. The van der Waals surface area contributed by atoms with Crippen molar-refractivity contribution >= 4 is 15.8 Å². The molecular weight excluding hydrogens is 350 g/mol. The van der Waals surface area contributed by atoms with Gasteiger partial charge in [0.1, 0.15) is 9.84 Å². The fourth-order valence-corrected chi connectivity index (χ4v) is 3.96. The van der Waals surface area contributed by atoms with Gasteiger partial charge < -0.3 is 15.4 Å². The number of nitrogens with zero attached hydrogens (tertiary/aromatic N) is 1. The molecule has 0 aliphatic carbocycles. The Kier molecular flexibility index (Phi) is 7.90. The fourth-order valence-electron chi connectivity index (χ4n) is 3.18. The summed E-state index contributed by atoms with van der Waals surface area (Å²) in [4.78, 5) is 4.26. The third-order valence-electron chi connectivity index (χ3n) is 4.63. The van der Waals surface area contributed by atoms with E-state index in [2.05, 4.69) is 27.8 Å². The largest absolute Gasteiger partial charge is 0.373 e. The molecule has 146 valence electrons. The first-order valence-corrected chi connectivity index (χ1v) is 11.3. The maximum atomic E-state index is 11.3. The summed E-state index contributed by atoms with van der Waals surface area (Å²) in [6, 6.07) is 10.4. The number of ether oxygens (including phenoxy) is 1. The first-order chi connectivity index (χ1) is 12.4. The standard InChI is InChI=1S/C19H31N3O3S/c1-15(11-13-26(3,23)24)22-19(20-2)21-14-17-10-7-12-25-18(17)16-8-5-4-6-9-16/h4-6,8-9,15,17-18H,7,10-14H2,1-3H3,(H2,20,21,22). The second-order valence-electron chi connectivity index (χ2n) is 7.02. The Bertz CT molecular complexity index is 677. The molecule has 1 fully saturated rings.